The lowest BCUT2D eigenvalue weighted by Crippen LogP contribution is -2.16. The van der Waals surface area contributed by atoms with Crippen molar-refractivity contribution in [2.75, 3.05) is 0 Å². The number of carbonyl (C=O) groups is 1. The highest BCUT2D eigenvalue weighted by Gasteiger charge is 2.30. The molecule has 0 aromatic carbocycles. The lowest BCUT2D eigenvalue weighted by molar-refractivity contribution is -0.141. The number of fused-ring (bicyclic) bond motifs is 1. The summed E-state index contributed by atoms with van der Waals surface area (Å²) in [4.78, 5) is 28.8. The second-order valence-electron chi connectivity index (χ2n) is 3.52. The minimum absolute atomic E-state index is 0.198. The molecular formula is C9H10N2O3. The molecule has 0 spiro atoms. The summed E-state index contributed by atoms with van der Waals surface area (Å²) in [5, 5.41) is 8.81. The van der Waals surface area contributed by atoms with Gasteiger partial charge in [0.05, 0.1) is 11.6 Å². The molecular weight excluding hydrogens is 184 g/mol. The molecule has 1 heterocycles. The first-order valence-corrected chi connectivity index (χ1v) is 4.39. The highest BCUT2D eigenvalue weighted by atomic mass is 16.4. The molecule has 0 fully saturated rings. The summed E-state index contributed by atoms with van der Waals surface area (Å²) in [5.41, 5.74) is 0.970. The van der Waals surface area contributed by atoms with E-state index in [-0.39, 0.29) is 5.56 Å². The fourth-order valence-electron chi connectivity index (χ4n) is 1.77. The number of carboxylic acid groups (broad SMARTS) is 1. The first-order chi connectivity index (χ1) is 6.58. The van der Waals surface area contributed by atoms with Crippen LogP contribution in [0.25, 0.3) is 0 Å². The second-order valence-corrected chi connectivity index (χ2v) is 3.52. The number of carboxylic acids is 1. The van der Waals surface area contributed by atoms with Gasteiger partial charge in [-0.1, -0.05) is 0 Å². The van der Waals surface area contributed by atoms with Gasteiger partial charge in [0.1, 0.15) is 5.82 Å². The van der Waals surface area contributed by atoms with Gasteiger partial charge < -0.3 is 10.1 Å². The third kappa shape index (κ3) is 1.30. The van der Waals surface area contributed by atoms with E-state index in [0.29, 0.717) is 29.9 Å². The van der Waals surface area contributed by atoms with Gasteiger partial charge in [0.25, 0.3) is 5.56 Å². The molecule has 1 atom stereocenters. The van der Waals surface area contributed by atoms with E-state index in [1.165, 1.54) is 0 Å². The minimum Gasteiger partial charge on any atom is -0.481 e. The van der Waals surface area contributed by atoms with Gasteiger partial charge in [-0.3, -0.25) is 9.59 Å². The van der Waals surface area contributed by atoms with Gasteiger partial charge in [-0.05, 0) is 13.3 Å². The molecule has 14 heavy (non-hydrogen) atoms. The molecule has 1 aliphatic rings. The van der Waals surface area contributed by atoms with Crippen molar-refractivity contribution in [2.45, 2.75) is 19.8 Å². The summed E-state index contributed by atoms with van der Waals surface area (Å²) in [7, 11) is 0. The quantitative estimate of drug-likeness (QED) is 0.652. The fraction of sp³-hybridized carbons (Fsp3) is 0.444. The van der Waals surface area contributed by atoms with Crippen LogP contribution < -0.4 is 5.56 Å². The topological polar surface area (TPSA) is 83.0 Å². The molecule has 0 saturated heterocycles. The van der Waals surface area contributed by atoms with Crippen LogP contribution in [-0.2, 0) is 17.6 Å². The number of nitrogens with one attached hydrogen (secondary N) is 1. The second kappa shape index (κ2) is 2.94. The molecule has 74 valence electrons. The number of H-pyrrole nitrogens is 1. The molecule has 0 amide bonds. The summed E-state index contributed by atoms with van der Waals surface area (Å²) in [6.07, 6.45) is 0.669. The molecule has 1 aromatic heterocycles. The number of aromatic amines is 1. The van der Waals surface area contributed by atoms with Crippen LogP contribution in [0.1, 0.15) is 17.1 Å². The fourth-order valence-corrected chi connectivity index (χ4v) is 1.77. The average Bonchev–Trinajstić information content (AvgIpc) is 2.47. The number of aryl methyl sites for hydroxylation is 1. The van der Waals surface area contributed by atoms with Gasteiger partial charge in [-0.2, -0.15) is 0 Å². The van der Waals surface area contributed by atoms with Crippen molar-refractivity contribution in [2.24, 2.45) is 5.92 Å². The van der Waals surface area contributed by atoms with Crippen LogP contribution in [0.2, 0.25) is 0 Å². The molecule has 1 unspecified atom stereocenters. The number of hydrogen-bond acceptors (Lipinski definition) is 3. The first-order valence-electron chi connectivity index (χ1n) is 4.39. The molecule has 0 aliphatic heterocycles. The van der Waals surface area contributed by atoms with E-state index in [1.54, 1.807) is 6.92 Å². The van der Waals surface area contributed by atoms with Crippen molar-refractivity contribution in [3.63, 3.8) is 0 Å². The van der Waals surface area contributed by atoms with Gasteiger partial charge in [0.15, 0.2) is 0 Å². The zero-order chi connectivity index (χ0) is 10.3. The molecule has 1 aromatic rings. The molecule has 2 N–H and O–H groups in total. The summed E-state index contributed by atoms with van der Waals surface area (Å²) in [5.74, 6) is -0.805. The van der Waals surface area contributed by atoms with Crippen molar-refractivity contribution in [3.8, 4) is 0 Å². The average molecular weight is 194 g/mol. The van der Waals surface area contributed by atoms with Crippen LogP contribution in [0.5, 0.6) is 0 Å². The van der Waals surface area contributed by atoms with Gasteiger partial charge in [0, 0.05) is 12.0 Å². The minimum atomic E-state index is -0.861. The largest absolute Gasteiger partial charge is 0.481 e. The Balaban J connectivity index is 2.45. The summed E-state index contributed by atoms with van der Waals surface area (Å²) >= 11 is 0. The van der Waals surface area contributed by atoms with Crippen LogP contribution in [0, 0.1) is 12.8 Å². The number of aromatic nitrogens is 2. The Morgan fingerprint density at radius 2 is 2.29 bits per heavy atom. The standard InChI is InChI=1S/C9H10N2O3/c1-4-10-7-3-5(9(13)14)2-6(7)8(12)11-4/h5H,2-3H2,1H3,(H,13,14)(H,10,11,12). The lowest BCUT2D eigenvalue weighted by Gasteiger charge is -1.98. The number of aliphatic carboxylic acids is 1. The Bertz CT molecular complexity index is 450. The first kappa shape index (κ1) is 8.93. The molecule has 0 bridgehead atoms. The number of hydrogen-bond donors (Lipinski definition) is 2. The Hall–Kier alpha value is -1.65. The van der Waals surface area contributed by atoms with E-state index >= 15 is 0 Å². The van der Waals surface area contributed by atoms with Gasteiger partial charge in [0.2, 0.25) is 0 Å². The number of nitrogens with zero attached hydrogens (tertiary/aromatic N) is 1. The van der Waals surface area contributed by atoms with E-state index in [1.807, 2.05) is 0 Å². The van der Waals surface area contributed by atoms with Crippen molar-refractivity contribution in [1.29, 1.82) is 0 Å². The highest BCUT2D eigenvalue weighted by Crippen LogP contribution is 2.22. The smallest absolute Gasteiger partial charge is 0.307 e. The van der Waals surface area contributed by atoms with Crippen molar-refractivity contribution < 1.29 is 9.90 Å². The highest BCUT2D eigenvalue weighted by molar-refractivity contribution is 5.71. The Labute approximate surface area is 79.8 Å². The molecule has 5 heteroatoms. The van der Waals surface area contributed by atoms with Crippen LogP contribution in [-0.4, -0.2) is 21.0 Å². The Morgan fingerprint density at radius 1 is 1.57 bits per heavy atom. The van der Waals surface area contributed by atoms with E-state index in [2.05, 4.69) is 9.97 Å². The van der Waals surface area contributed by atoms with Crippen LogP contribution in [0.4, 0.5) is 0 Å². The molecule has 1 aliphatic carbocycles. The van der Waals surface area contributed by atoms with E-state index in [0.717, 1.165) is 0 Å². The summed E-state index contributed by atoms with van der Waals surface area (Å²) < 4.78 is 0. The predicted molar refractivity (Wildman–Crippen MR) is 48.1 cm³/mol. The monoisotopic (exact) mass is 194 g/mol. The SMILES string of the molecule is Cc1nc2c(c(=O)[nH]1)CC(C(=O)O)C2. The van der Waals surface area contributed by atoms with Crippen molar-refractivity contribution in [1.82, 2.24) is 9.97 Å². The third-order valence-electron chi connectivity index (χ3n) is 2.46. The van der Waals surface area contributed by atoms with Crippen LogP contribution in [0.3, 0.4) is 0 Å². The lowest BCUT2D eigenvalue weighted by atomic mass is 10.1. The van der Waals surface area contributed by atoms with Gasteiger partial charge >= 0.3 is 5.97 Å². The molecule has 2 rings (SSSR count). The Kier molecular flexibility index (Phi) is 1.87. The van der Waals surface area contributed by atoms with Crippen LogP contribution in [0.15, 0.2) is 4.79 Å². The molecule has 0 saturated carbocycles. The van der Waals surface area contributed by atoms with Crippen molar-refractivity contribution >= 4 is 5.97 Å². The summed E-state index contributed by atoms with van der Waals surface area (Å²) in [6, 6.07) is 0. The Morgan fingerprint density at radius 3 is 2.93 bits per heavy atom. The maximum Gasteiger partial charge on any atom is 0.307 e. The van der Waals surface area contributed by atoms with Crippen molar-refractivity contribution in [3.05, 3.63) is 27.4 Å². The predicted octanol–water partition coefficient (Wildman–Crippen LogP) is -0.122. The maximum atomic E-state index is 11.4. The molecule has 0 radical (unpaired) electrons. The van der Waals surface area contributed by atoms with E-state index in [4.69, 9.17) is 5.11 Å². The maximum absolute atomic E-state index is 11.4. The zero-order valence-electron chi connectivity index (χ0n) is 7.70. The van der Waals surface area contributed by atoms with E-state index in [9.17, 15) is 9.59 Å². The van der Waals surface area contributed by atoms with Gasteiger partial charge in [-0.15, -0.1) is 0 Å². The third-order valence-corrected chi connectivity index (χ3v) is 2.46. The van der Waals surface area contributed by atoms with Gasteiger partial charge in [-0.25, -0.2) is 4.98 Å². The van der Waals surface area contributed by atoms with E-state index < -0.39 is 11.9 Å². The molecule has 5 nitrogen and oxygen atoms in total. The summed E-state index contributed by atoms with van der Waals surface area (Å²) in [6.45, 7) is 1.69. The van der Waals surface area contributed by atoms with Crippen LogP contribution >= 0.6 is 0 Å². The zero-order valence-corrected chi connectivity index (χ0v) is 7.70. The normalized spacial score (nSPS) is 19.4. The number of rotatable bonds is 1.